The van der Waals surface area contributed by atoms with Crippen LogP contribution in [0.2, 0.25) is 0 Å². The van der Waals surface area contributed by atoms with Crippen LogP contribution in [0.15, 0.2) is 34.2 Å². The van der Waals surface area contributed by atoms with Crippen molar-refractivity contribution >= 4 is 17.7 Å². The van der Waals surface area contributed by atoms with Gasteiger partial charge in [0.15, 0.2) is 5.96 Å². The molecule has 0 fully saturated rings. The second-order valence-electron chi connectivity index (χ2n) is 6.02. The Balaban J connectivity index is 2.19. The van der Waals surface area contributed by atoms with Crippen molar-refractivity contribution in [3.63, 3.8) is 0 Å². The molecule has 1 atom stereocenters. The fraction of sp³-hybridized carbons (Fsp3) is 0.632. The van der Waals surface area contributed by atoms with Crippen molar-refractivity contribution in [2.24, 2.45) is 4.99 Å². The lowest BCUT2D eigenvalue weighted by Gasteiger charge is -2.21. The molecule has 0 aliphatic carbocycles. The maximum absolute atomic E-state index is 12.9. The van der Waals surface area contributed by atoms with E-state index in [1.54, 1.807) is 18.8 Å². The first-order valence-corrected chi connectivity index (χ1v) is 10.2. The van der Waals surface area contributed by atoms with E-state index in [1.165, 1.54) is 18.6 Å². The molecule has 0 aliphatic rings. The molecule has 0 saturated carbocycles. The third kappa shape index (κ3) is 9.70. The Bertz CT molecular complexity index is 489. The molecule has 0 spiro atoms. The van der Waals surface area contributed by atoms with Gasteiger partial charge in [0.1, 0.15) is 5.82 Å². The third-order valence-corrected chi connectivity index (χ3v) is 5.10. The van der Waals surface area contributed by atoms with Gasteiger partial charge in [-0.25, -0.2) is 4.39 Å². The van der Waals surface area contributed by atoms with Gasteiger partial charge in [0.25, 0.3) is 0 Å². The molecule has 6 heteroatoms. The Morgan fingerprint density at radius 1 is 1.24 bits per heavy atom. The van der Waals surface area contributed by atoms with Gasteiger partial charge >= 0.3 is 0 Å². The van der Waals surface area contributed by atoms with E-state index in [-0.39, 0.29) is 5.82 Å². The average Bonchev–Trinajstić information content (AvgIpc) is 2.62. The Labute approximate surface area is 156 Å². The zero-order valence-electron chi connectivity index (χ0n) is 16.0. The smallest absolute Gasteiger partial charge is 0.191 e. The largest absolute Gasteiger partial charge is 0.356 e. The van der Waals surface area contributed by atoms with Crippen molar-refractivity contribution in [2.45, 2.75) is 44.6 Å². The molecule has 4 nitrogen and oxygen atoms in total. The van der Waals surface area contributed by atoms with Gasteiger partial charge in [0.05, 0.1) is 0 Å². The standard InChI is InChI=1S/C19H33FN4S/c1-5-24(6-2)14-7-8-16(3)23-19(21-4)22-13-15-25-18-11-9-17(20)10-12-18/h9-12,16H,5-8,13-15H2,1-4H3,(H2,21,22,23). The van der Waals surface area contributed by atoms with Crippen LogP contribution in [0.4, 0.5) is 4.39 Å². The normalized spacial score (nSPS) is 13.1. The molecule has 1 unspecified atom stereocenters. The van der Waals surface area contributed by atoms with Crippen molar-refractivity contribution in [3.05, 3.63) is 30.1 Å². The van der Waals surface area contributed by atoms with Crippen molar-refractivity contribution in [2.75, 3.05) is 39.0 Å². The minimum absolute atomic E-state index is 0.193. The molecule has 1 rings (SSSR count). The van der Waals surface area contributed by atoms with E-state index >= 15 is 0 Å². The highest BCUT2D eigenvalue weighted by Crippen LogP contribution is 2.17. The highest BCUT2D eigenvalue weighted by atomic mass is 32.2. The Hall–Kier alpha value is -1.27. The summed E-state index contributed by atoms with van der Waals surface area (Å²) in [5, 5.41) is 6.78. The van der Waals surface area contributed by atoms with Gasteiger partial charge in [-0.1, -0.05) is 13.8 Å². The number of aliphatic imine (C=N–C) groups is 1. The monoisotopic (exact) mass is 368 g/mol. The number of halogens is 1. The van der Waals surface area contributed by atoms with E-state index in [2.05, 4.69) is 41.3 Å². The summed E-state index contributed by atoms with van der Waals surface area (Å²) >= 11 is 1.71. The zero-order valence-corrected chi connectivity index (χ0v) is 16.8. The van der Waals surface area contributed by atoms with Crippen LogP contribution in [0.1, 0.15) is 33.6 Å². The number of rotatable bonds is 11. The van der Waals surface area contributed by atoms with Gasteiger partial charge in [-0.2, -0.15) is 0 Å². The Morgan fingerprint density at radius 3 is 2.52 bits per heavy atom. The number of nitrogens with zero attached hydrogens (tertiary/aromatic N) is 2. The first-order valence-electron chi connectivity index (χ1n) is 9.16. The summed E-state index contributed by atoms with van der Waals surface area (Å²) < 4.78 is 12.9. The molecule has 2 N–H and O–H groups in total. The molecule has 0 saturated heterocycles. The van der Waals surface area contributed by atoms with Gasteiger partial charge < -0.3 is 15.5 Å². The van der Waals surface area contributed by atoms with E-state index < -0.39 is 0 Å². The minimum atomic E-state index is -0.193. The molecule has 0 aliphatic heterocycles. The van der Waals surface area contributed by atoms with Crippen LogP contribution >= 0.6 is 11.8 Å². The highest BCUT2D eigenvalue weighted by molar-refractivity contribution is 7.99. The van der Waals surface area contributed by atoms with Gasteiger partial charge in [-0.05, 0) is 63.7 Å². The third-order valence-electron chi connectivity index (χ3n) is 4.09. The second-order valence-corrected chi connectivity index (χ2v) is 7.18. The van der Waals surface area contributed by atoms with Gasteiger partial charge in [-0.15, -0.1) is 11.8 Å². The van der Waals surface area contributed by atoms with E-state index in [0.29, 0.717) is 6.04 Å². The minimum Gasteiger partial charge on any atom is -0.356 e. The lowest BCUT2D eigenvalue weighted by Crippen LogP contribution is -2.43. The predicted molar refractivity (Wildman–Crippen MR) is 108 cm³/mol. The first kappa shape index (κ1) is 21.8. The number of hydrogen-bond donors (Lipinski definition) is 2. The Morgan fingerprint density at radius 2 is 1.92 bits per heavy atom. The van der Waals surface area contributed by atoms with Crippen LogP contribution in [0.3, 0.4) is 0 Å². The van der Waals surface area contributed by atoms with E-state index in [9.17, 15) is 4.39 Å². The summed E-state index contributed by atoms with van der Waals surface area (Å²) in [6, 6.07) is 7.01. The quantitative estimate of drug-likeness (QED) is 0.271. The maximum Gasteiger partial charge on any atom is 0.191 e. The number of thioether (sulfide) groups is 1. The molecule has 1 aromatic rings. The summed E-state index contributed by atoms with van der Waals surface area (Å²) in [5.74, 6) is 1.56. The molecular weight excluding hydrogens is 335 g/mol. The number of guanidine groups is 1. The van der Waals surface area contributed by atoms with Crippen molar-refractivity contribution in [1.29, 1.82) is 0 Å². The lowest BCUT2D eigenvalue weighted by molar-refractivity contribution is 0.292. The second kappa shape index (κ2) is 13.0. The summed E-state index contributed by atoms with van der Waals surface area (Å²) in [5.41, 5.74) is 0. The number of benzene rings is 1. The van der Waals surface area contributed by atoms with Crippen molar-refractivity contribution in [3.8, 4) is 0 Å². The van der Waals surface area contributed by atoms with Crippen LogP contribution in [0.25, 0.3) is 0 Å². The lowest BCUT2D eigenvalue weighted by atomic mass is 10.2. The molecule has 142 valence electrons. The van der Waals surface area contributed by atoms with Crippen LogP contribution < -0.4 is 10.6 Å². The maximum atomic E-state index is 12.9. The molecular formula is C19H33FN4S. The molecule has 0 radical (unpaired) electrons. The predicted octanol–water partition coefficient (Wildman–Crippen LogP) is 3.59. The van der Waals surface area contributed by atoms with Crippen molar-refractivity contribution in [1.82, 2.24) is 15.5 Å². The van der Waals surface area contributed by atoms with Crippen LogP contribution in [0, 0.1) is 5.82 Å². The van der Waals surface area contributed by atoms with E-state index in [4.69, 9.17) is 0 Å². The topological polar surface area (TPSA) is 39.7 Å². The van der Waals surface area contributed by atoms with Crippen LogP contribution in [-0.4, -0.2) is 55.9 Å². The summed E-state index contributed by atoms with van der Waals surface area (Å²) in [7, 11) is 1.80. The first-order chi connectivity index (χ1) is 12.1. The average molecular weight is 369 g/mol. The van der Waals surface area contributed by atoms with Crippen LogP contribution in [0.5, 0.6) is 0 Å². The van der Waals surface area contributed by atoms with Crippen molar-refractivity contribution < 1.29 is 4.39 Å². The fourth-order valence-corrected chi connectivity index (χ4v) is 3.30. The van der Waals surface area contributed by atoms with Gasteiger partial charge in [0.2, 0.25) is 0 Å². The SMILES string of the molecule is CCN(CC)CCCC(C)NC(=NC)NCCSc1ccc(F)cc1. The zero-order chi connectivity index (χ0) is 18.5. The van der Waals surface area contributed by atoms with E-state index in [0.717, 1.165) is 49.2 Å². The molecule has 25 heavy (non-hydrogen) atoms. The van der Waals surface area contributed by atoms with Gasteiger partial charge in [-0.3, -0.25) is 4.99 Å². The highest BCUT2D eigenvalue weighted by Gasteiger charge is 2.06. The number of hydrogen-bond acceptors (Lipinski definition) is 3. The summed E-state index contributed by atoms with van der Waals surface area (Å²) in [4.78, 5) is 7.82. The Kier molecular flexibility index (Phi) is 11.3. The molecule has 0 bridgehead atoms. The summed E-state index contributed by atoms with van der Waals surface area (Å²) in [6.07, 6.45) is 2.31. The number of nitrogens with one attached hydrogen (secondary N) is 2. The van der Waals surface area contributed by atoms with Crippen LogP contribution in [-0.2, 0) is 0 Å². The summed E-state index contributed by atoms with van der Waals surface area (Å²) in [6.45, 7) is 10.8. The molecule has 1 aromatic carbocycles. The molecule has 0 amide bonds. The molecule has 0 heterocycles. The van der Waals surface area contributed by atoms with E-state index in [1.807, 2.05) is 12.1 Å². The molecule has 0 aromatic heterocycles. The van der Waals surface area contributed by atoms with Gasteiger partial charge in [0, 0.05) is 30.3 Å². The fourth-order valence-electron chi connectivity index (χ4n) is 2.53.